The van der Waals surface area contributed by atoms with Crippen molar-refractivity contribution in [2.45, 2.75) is 32.7 Å². The molecule has 1 heterocycles. The Morgan fingerprint density at radius 3 is 2.67 bits per heavy atom. The molecule has 0 bridgehead atoms. The lowest BCUT2D eigenvalue weighted by Crippen LogP contribution is -2.26. The molecular formula is C17H21NO2S. The Hall–Kier alpha value is -1.81. The largest absolute Gasteiger partial charge is 0.494 e. The van der Waals surface area contributed by atoms with Crippen molar-refractivity contribution in [3.05, 3.63) is 52.2 Å². The third-order valence-corrected chi connectivity index (χ3v) is 4.18. The van der Waals surface area contributed by atoms with E-state index < -0.39 is 0 Å². The van der Waals surface area contributed by atoms with E-state index in [0.717, 1.165) is 17.7 Å². The molecule has 1 amide bonds. The van der Waals surface area contributed by atoms with Crippen molar-refractivity contribution in [1.82, 2.24) is 5.32 Å². The van der Waals surface area contributed by atoms with Crippen LogP contribution in [0.4, 0.5) is 0 Å². The zero-order valence-corrected chi connectivity index (χ0v) is 13.3. The molecule has 0 spiro atoms. The first-order valence-corrected chi connectivity index (χ1v) is 8.11. The SMILES string of the molecule is CCOc1ccc(C(C)NC(=O)CCc2cccs2)cc1. The highest BCUT2D eigenvalue weighted by molar-refractivity contribution is 7.09. The van der Waals surface area contributed by atoms with Gasteiger partial charge in [-0.1, -0.05) is 18.2 Å². The van der Waals surface area contributed by atoms with Crippen molar-refractivity contribution in [3.63, 3.8) is 0 Å². The fourth-order valence-electron chi connectivity index (χ4n) is 2.11. The normalized spacial score (nSPS) is 11.9. The first-order chi connectivity index (χ1) is 10.2. The first kappa shape index (κ1) is 15.6. The van der Waals surface area contributed by atoms with Gasteiger partial charge in [0.1, 0.15) is 5.75 Å². The Bertz CT molecular complexity index is 549. The molecule has 1 N–H and O–H groups in total. The van der Waals surface area contributed by atoms with Crippen LogP contribution in [-0.2, 0) is 11.2 Å². The molecule has 1 unspecified atom stereocenters. The third-order valence-electron chi connectivity index (χ3n) is 3.25. The van der Waals surface area contributed by atoms with Gasteiger partial charge in [-0.2, -0.15) is 0 Å². The maximum absolute atomic E-state index is 12.0. The number of nitrogens with one attached hydrogen (secondary N) is 1. The van der Waals surface area contributed by atoms with Gasteiger partial charge in [0.2, 0.25) is 5.91 Å². The number of hydrogen-bond donors (Lipinski definition) is 1. The van der Waals surface area contributed by atoms with Crippen LogP contribution in [0.2, 0.25) is 0 Å². The van der Waals surface area contributed by atoms with Crippen molar-refractivity contribution in [2.24, 2.45) is 0 Å². The molecule has 2 aromatic rings. The number of hydrogen-bond acceptors (Lipinski definition) is 3. The highest BCUT2D eigenvalue weighted by Gasteiger charge is 2.10. The van der Waals surface area contributed by atoms with E-state index in [1.54, 1.807) is 11.3 Å². The van der Waals surface area contributed by atoms with Crippen molar-refractivity contribution in [3.8, 4) is 5.75 Å². The molecule has 2 rings (SSSR count). The number of aryl methyl sites for hydroxylation is 1. The fourth-order valence-corrected chi connectivity index (χ4v) is 2.82. The molecule has 4 heteroatoms. The summed E-state index contributed by atoms with van der Waals surface area (Å²) in [7, 11) is 0. The smallest absolute Gasteiger partial charge is 0.220 e. The molecular weight excluding hydrogens is 282 g/mol. The van der Waals surface area contributed by atoms with E-state index >= 15 is 0 Å². The van der Waals surface area contributed by atoms with Gasteiger partial charge < -0.3 is 10.1 Å². The summed E-state index contributed by atoms with van der Waals surface area (Å²) in [5, 5.41) is 5.07. The number of thiophene rings is 1. The molecule has 0 aliphatic rings. The second kappa shape index (κ2) is 7.84. The summed E-state index contributed by atoms with van der Waals surface area (Å²) >= 11 is 1.69. The number of carbonyl (C=O) groups is 1. The zero-order chi connectivity index (χ0) is 15.1. The minimum Gasteiger partial charge on any atom is -0.494 e. The average molecular weight is 303 g/mol. The number of ether oxygens (including phenoxy) is 1. The predicted molar refractivity (Wildman–Crippen MR) is 86.8 cm³/mol. The standard InChI is InChI=1S/C17H21NO2S/c1-3-20-15-8-6-14(7-9-15)13(2)18-17(19)11-10-16-5-4-12-21-16/h4-9,12-13H,3,10-11H2,1-2H3,(H,18,19). The molecule has 0 radical (unpaired) electrons. The maximum atomic E-state index is 12.0. The first-order valence-electron chi connectivity index (χ1n) is 7.23. The second-order valence-electron chi connectivity index (χ2n) is 4.87. The van der Waals surface area contributed by atoms with Gasteiger partial charge in [-0.05, 0) is 49.4 Å². The molecule has 1 atom stereocenters. The van der Waals surface area contributed by atoms with Gasteiger partial charge in [0, 0.05) is 11.3 Å². The van der Waals surface area contributed by atoms with E-state index in [4.69, 9.17) is 4.74 Å². The van der Waals surface area contributed by atoms with Crippen molar-refractivity contribution >= 4 is 17.2 Å². The molecule has 0 aliphatic heterocycles. The summed E-state index contributed by atoms with van der Waals surface area (Å²) in [6, 6.07) is 12.0. The van der Waals surface area contributed by atoms with E-state index in [1.807, 2.05) is 49.6 Å². The van der Waals surface area contributed by atoms with E-state index in [-0.39, 0.29) is 11.9 Å². The second-order valence-corrected chi connectivity index (χ2v) is 5.90. The summed E-state index contributed by atoms with van der Waals surface area (Å²) in [6.07, 6.45) is 1.33. The van der Waals surface area contributed by atoms with Gasteiger partial charge in [0.25, 0.3) is 0 Å². The lowest BCUT2D eigenvalue weighted by atomic mass is 10.1. The van der Waals surface area contributed by atoms with Gasteiger partial charge in [0.15, 0.2) is 0 Å². The van der Waals surface area contributed by atoms with Crippen LogP contribution in [0.5, 0.6) is 5.75 Å². The molecule has 1 aromatic heterocycles. The van der Waals surface area contributed by atoms with Crippen molar-refractivity contribution in [2.75, 3.05) is 6.61 Å². The van der Waals surface area contributed by atoms with Crippen molar-refractivity contribution in [1.29, 1.82) is 0 Å². The van der Waals surface area contributed by atoms with Gasteiger partial charge in [-0.3, -0.25) is 4.79 Å². The number of carbonyl (C=O) groups excluding carboxylic acids is 1. The quantitative estimate of drug-likeness (QED) is 0.841. The molecule has 3 nitrogen and oxygen atoms in total. The Balaban J connectivity index is 1.82. The topological polar surface area (TPSA) is 38.3 Å². The summed E-state index contributed by atoms with van der Waals surface area (Å²) in [5.41, 5.74) is 1.09. The number of amides is 1. The Labute approximate surface area is 130 Å². The lowest BCUT2D eigenvalue weighted by molar-refractivity contribution is -0.121. The van der Waals surface area contributed by atoms with Crippen molar-refractivity contribution < 1.29 is 9.53 Å². The van der Waals surface area contributed by atoms with Gasteiger partial charge >= 0.3 is 0 Å². The van der Waals surface area contributed by atoms with Crippen LogP contribution in [0.1, 0.15) is 36.8 Å². The summed E-state index contributed by atoms with van der Waals surface area (Å²) < 4.78 is 5.42. The Morgan fingerprint density at radius 1 is 1.29 bits per heavy atom. The molecule has 0 saturated carbocycles. The molecule has 112 valence electrons. The van der Waals surface area contributed by atoms with Crippen LogP contribution in [0.3, 0.4) is 0 Å². The summed E-state index contributed by atoms with van der Waals surface area (Å²) in [6.45, 7) is 4.62. The zero-order valence-electron chi connectivity index (χ0n) is 12.5. The van der Waals surface area contributed by atoms with Crippen LogP contribution in [0.25, 0.3) is 0 Å². The van der Waals surface area contributed by atoms with Crippen LogP contribution < -0.4 is 10.1 Å². The van der Waals surface area contributed by atoms with Crippen LogP contribution >= 0.6 is 11.3 Å². The minimum atomic E-state index is 0.0107. The molecule has 0 aliphatic carbocycles. The monoisotopic (exact) mass is 303 g/mol. The third kappa shape index (κ3) is 4.90. The van der Waals surface area contributed by atoms with E-state index in [1.165, 1.54) is 4.88 Å². The molecule has 21 heavy (non-hydrogen) atoms. The van der Waals surface area contributed by atoms with Gasteiger partial charge in [-0.15, -0.1) is 11.3 Å². The number of benzene rings is 1. The van der Waals surface area contributed by atoms with Crippen LogP contribution in [0.15, 0.2) is 41.8 Å². The molecule has 0 saturated heterocycles. The number of rotatable bonds is 7. The summed E-state index contributed by atoms with van der Waals surface area (Å²) in [5.74, 6) is 0.947. The van der Waals surface area contributed by atoms with Crippen LogP contribution in [-0.4, -0.2) is 12.5 Å². The minimum absolute atomic E-state index is 0.0107. The average Bonchev–Trinajstić information content (AvgIpc) is 2.99. The Kier molecular flexibility index (Phi) is 5.81. The maximum Gasteiger partial charge on any atom is 0.220 e. The van der Waals surface area contributed by atoms with E-state index in [9.17, 15) is 4.79 Å². The predicted octanol–water partition coefficient (Wildman–Crippen LogP) is 3.96. The van der Waals surface area contributed by atoms with E-state index in [0.29, 0.717) is 13.0 Å². The highest BCUT2D eigenvalue weighted by Crippen LogP contribution is 2.18. The van der Waals surface area contributed by atoms with Crippen LogP contribution in [0, 0.1) is 0 Å². The van der Waals surface area contributed by atoms with Gasteiger partial charge in [-0.25, -0.2) is 0 Å². The molecule has 0 fully saturated rings. The molecule has 1 aromatic carbocycles. The summed E-state index contributed by atoms with van der Waals surface area (Å²) in [4.78, 5) is 13.2. The lowest BCUT2D eigenvalue weighted by Gasteiger charge is -2.15. The van der Waals surface area contributed by atoms with E-state index in [2.05, 4.69) is 11.4 Å². The highest BCUT2D eigenvalue weighted by atomic mass is 32.1. The Morgan fingerprint density at radius 2 is 2.05 bits per heavy atom. The fraction of sp³-hybridized carbons (Fsp3) is 0.353. The van der Waals surface area contributed by atoms with Gasteiger partial charge in [0.05, 0.1) is 12.6 Å².